The van der Waals surface area contributed by atoms with E-state index in [1.807, 2.05) is 5.32 Å². The molecule has 18 heteroatoms. The van der Waals surface area contributed by atoms with Gasteiger partial charge in [-0.05, 0) is 42.2 Å². The van der Waals surface area contributed by atoms with Crippen LogP contribution in [0.15, 0.2) is 16.8 Å². The van der Waals surface area contributed by atoms with Gasteiger partial charge in [0, 0.05) is 6.42 Å². The molecule has 244 valence electrons. The zero-order chi connectivity index (χ0) is 33.7. The van der Waals surface area contributed by atoms with Crippen molar-refractivity contribution in [3.8, 4) is 0 Å². The molecule has 44 heavy (non-hydrogen) atoms. The molecule has 1 aromatic rings. The standard InChI is InChI=1S/C26H38N6O11S/c1-11(2)20(26(42)43)32-25(41)16(7-14-5-6-44-10-14)30-22(38)13(4)28-21(37)12(3)29-24(40)17(9-19(35)36)31-23(39)15(27)8-18(33)34/h5-6,10-13,15-17,20H,7-9,27H2,1-4H3,(H,28,37)(H,29,40)(H,30,38)(H,31,39)(H,32,41)(H,33,34)(H,35,36)(H,42,43)/t12-,13-,15-,16-,17-,20-/m0/s1. The Hall–Kier alpha value is -4.58. The van der Waals surface area contributed by atoms with Crippen LogP contribution < -0.4 is 32.3 Å². The summed E-state index contributed by atoms with van der Waals surface area (Å²) in [5.74, 6) is -9.20. The van der Waals surface area contributed by atoms with Crippen molar-refractivity contribution in [2.45, 2.75) is 83.2 Å². The van der Waals surface area contributed by atoms with Crippen molar-refractivity contribution in [2.75, 3.05) is 0 Å². The number of hydrogen-bond donors (Lipinski definition) is 9. The molecular weight excluding hydrogens is 604 g/mol. The Morgan fingerprint density at radius 2 is 1.20 bits per heavy atom. The van der Waals surface area contributed by atoms with Crippen LogP contribution in [0.1, 0.15) is 46.1 Å². The zero-order valence-electron chi connectivity index (χ0n) is 24.5. The zero-order valence-corrected chi connectivity index (χ0v) is 25.3. The van der Waals surface area contributed by atoms with Gasteiger partial charge < -0.3 is 47.6 Å². The summed E-state index contributed by atoms with van der Waals surface area (Å²) in [5.41, 5.74) is 6.15. The van der Waals surface area contributed by atoms with Crippen LogP contribution in [0.4, 0.5) is 0 Å². The molecule has 0 aliphatic carbocycles. The molecule has 0 aromatic carbocycles. The Labute approximate surface area is 256 Å². The van der Waals surface area contributed by atoms with Gasteiger partial charge in [-0.2, -0.15) is 11.3 Å². The molecule has 0 fully saturated rings. The van der Waals surface area contributed by atoms with E-state index in [1.165, 1.54) is 25.2 Å². The predicted octanol–water partition coefficient (Wildman–Crippen LogP) is -2.23. The Balaban J connectivity index is 2.90. The van der Waals surface area contributed by atoms with Gasteiger partial charge in [0.2, 0.25) is 29.5 Å². The molecule has 0 saturated heterocycles. The highest BCUT2D eigenvalue weighted by Crippen LogP contribution is 2.10. The summed E-state index contributed by atoms with van der Waals surface area (Å²) in [7, 11) is 0. The molecule has 0 aliphatic rings. The molecular formula is C26H38N6O11S. The molecule has 6 atom stereocenters. The van der Waals surface area contributed by atoms with Crippen molar-refractivity contribution in [1.82, 2.24) is 26.6 Å². The monoisotopic (exact) mass is 642 g/mol. The van der Waals surface area contributed by atoms with E-state index in [2.05, 4.69) is 21.3 Å². The van der Waals surface area contributed by atoms with Gasteiger partial charge in [0.05, 0.1) is 18.9 Å². The number of carboxylic acids is 3. The van der Waals surface area contributed by atoms with E-state index in [4.69, 9.17) is 15.9 Å². The first-order valence-corrected chi connectivity index (χ1v) is 14.3. The van der Waals surface area contributed by atoms with Gasteiger partial charge in [0.1, 0.15) is 30.2 Å². The number of carboxylic acid groups (broad SMARTS) is 3. The van der Waals surface area contributed by atoms with Gasteiger partial charge in [0.25, 0.3) is 0 Å². The SMILES string of the molecule is CC(C)[C@H](NC(=O)[C@H](Cc1ccsc1)NC(=O)[C@H](C)NC(=O)[C@H](C)NC(=O)[C@H](CC(=O)O)NC(=O)[C@@H](N)CC(=O)O)C(=O)O. The molecule has 0 unspecified atom stereocenters. The maximum absolute atomic E-state index is 13.0. The fraction of sp³-hybridized carbons (Fsp3) is 0.538. The van der Waals surface area contributed by atoms with E-state index >= 15 is 0 Å². The van der Waals surface area contributed by atoms with Crippen LogP contribution in [0.2, 0.25) is 0 Å². The Kier molecular flexibility index (Phi) is 14.9. The molecule has 0 spiro atoms. The van der Waals surface area contributed by atoms with E-state index in [0.29, 0.717) is 5.56 Å². The first-order valence-electron chi connectivity index (χ1n) is 13.4. The van der Waals surface area contributed by atoms with Crippen molar-refractivity contribution < 1.29 is 53.7 Å². The fourth-order valence-electron chi connectivity index (χ4n) is 3.64. The van der Waals surface area contributed by atoms with Crippen LogP contribution >= 0.6 is 11.3 Å². The number of carbonyl (C=O) groups is 8. The first kappa shape index (κ1) is 37.4. The summed E-state index contributed by atoms with van der Waals surface area (Å²) in [5, 5.41) is 42.3. The van der Waals surface area contributed by atoms with Crippen LogP contribution in [0.5, 0.6) is 0 Å². The van der Waals surface area contributed by atoms with Crippen LogP contribution in [0.3, 0.4) is 0 Å². The summed E-state index contributed by atoms with van der Waals surface area (Å²) < 4.78 is 0. The van der Waals surface area contributed by atoms with E-state index in [1.54, 1.807) is 30.7 Å². The Morgan fingerprint density at radius 3 is 1.68 bits per heavy atom. The van der Waals surface area contributed by atoms with E-state index < -0.39 is 102 Å². The van der Waals surface area contributed by atoms with E-state index in [-0.39, 0.29) is 6.42 Å². The molecule has 10 N–H and O–H groups in total. The van der Waals surface area contributed by atoms with Crippen molar-refractivity contribution in [2.24, 2.45) is 11.7 Å². The minimum absolute atomic E-state index is 0.0332. The minimum atomic E-state index is -1.70. The first-order chi connectivity index (χ1) is 20.4. The fourth-order valence-corrected chi connectivity index (χ4v) is 4.33. The molecule has 0 bridgehead atoms. The van der Waals surface area contributed by atoms with Gasteiger partial charge in [-0.15, -0.1) is 0 Å². The molecule has 1 rings (SSSR count). The number of aliphatic carboxylic acids is 3. The molecule has 1 heterocycles. The van der Waals surface area contributed by atoms with Crippen LogP contribution in [0, 0.1) is 5.92 Å². The third kappa shape index (κ3) is 12.7. The summed E-state index contributed by atoms with van der Waals surface area (Å²) in [6.45, 7) is 5.73. The third-order valence-electron chi connectivity index (χ3n) is 6.13. The third-order valence-corrected chi connectivity index (χ3v) is 6.86. The summed E-state index contributed by atoms with van der Waals surface area (Å²) in [6.07, 6.45) is -1.65. The lowest BCUT2D eigenvalue weighted by atomic mass is 10.0. The quantitative estimate of drug-likeness (QED) is 0.0823. The number of thiophene rings is 1. The number of hydrogen-bond acceptors (Lipinski definition) is 10. The molecule has 0 radical (unpaired) electrons. The molecule has 0 aliphatic heterocycles. The minimum Gasteiger partial charge on any atom is -0.481 e. The van der Waals surface area contributed by atoms with Crippen molar-refractivity contribution >= 4 is 58.8 Å². The Morgan fingerprint density at radius 1 is 0.705 bits per heavy atom. The maximum Gasteiger partial charge on any atom is 0.326 e. The van der Waals surface area contributed by atoms with Crippen molar-refractivity contribution in [3.05, 3.63) is 22.4 Å². The number of nitrogens with two attached hydrogens (primary N) is 1. The second-order valence-electron chi connectivity index (χ2n) is 10.3. The normalized spacial score (nSPS) is 15.0. The highest BCUT2D eigenvalue weighted by atomic mass is 32.1. The van der Waals surface area contributed by atoms with Crippen LogP contribution in [-0.2, 0) is 44.8 Å². The summed E-state index contributed by atoms with van der Waals surface area (Å²) in [6, 6.07) is -6.54. The molecule has 5 amide bonds. The average molecular weight is 643 g/mol. The van der Waals surface area contributed by atoms with Crippen LogP contribution in [-0.4, -0.2) is 99.0 Å². The summed E-state index contributed by atoms with van der Waals surface area (Å²) >= 11 is 1.35. The highest BCUT2D eigenvalue weighted by molar-refractivity contribution is 7.07. The molecule has 1 aromatic heterocycles. The van der Waals surface area contributed by atoms with Gasteiger partial charge >= 0.3 is 17.9 Å². The lowest BCUT2D eigenvalue weighted by Crippen LogP contribution is -2.59. The van der Waals surface area contributed by atoms with Gasteiger partial charge in [0.15, 0.2) is 0 Å². The topological polar surface area (TPSA) is 283 Å². The predicted molar refractivity (Wildman–Crippen MR) is 154 cm³/mol. The van der Waals surface area contributed by atoms with E-state index in [0.717, 1.165) is 0 Å². The number of nitrogens with one attached hydrogen (secondary N) is 5. The smallest absolute Gasteiger partial charge is 0.326 e. The maximum atomic E-state index is 13.0. The van der Waals surface area contributed by atoms with Gasteiger partial charge in [-0.1, -0.05) is 13.8 Å². The number of carbonyl (C=O) groups excluding carboxylic acids is 5. The lowest BCUT2D eigenvalue weighted by molar-refractivity contribution is -0.143. The lowest BCUT2D eigenvalue weighted by Gasteiger charge is -2.25. The summed E-state index contributed by atoms with van der Waals surface area (Å²) in [4.78, 5) is 97.0. The van der Waals surface area contributed by atoms with E-state index in [9.17, 15) is 43.5 Å². The largest absolute Gasteiger partial charge is 0.481 e. The Bertz CT molecular complexity index is 1220. The number of rotatable bonds is 18. The molecule has 17 nitrogen and oxygen atoms in total. The van der Waals surface area contributed by atoms with Gasteiger partial charge in [-0.3, -0.25) is 33.6 Å². The molecule has 0 saturated carbocycles. The second-order valence-corrected chi connectivity index (χ2v) is 11.1. The van der Waals surface area contributed by atoms with Gasteiger partial charge in [-0.25, -0.2) is 4.79 Å². The van der Waals surface area contributed by atoms with Crippen molar-refractivity contribution in [3.63, 3.8) is 0 Å². The second kappa shape index (κ2) is 17.5. The van der Waals surface area contributed by atoms with Crippen LogP contribution in [0.25, 0.3) is 0 Å². The average Bonchev–Trinajstić information content (AvgIpc) is 3.42. The van der Waals surface area contributed by atoms with Crippen molar-refractivity contribution in [1.29, 1.82) is 0 Å². The highest BCUT2D eigenvalue weighted by Gasteiger charge is 2.32. The number of amides is 5.